The van der Waals surface area contributed by atoms with Crippen molar-refractivity contribution in [3.05, 3.63) is 194 Å². The van der Waals surface area contributed by atoms with Crippen molar-refractivity contribution in [3.8, 4) is 23.0 Å². The monoisotopic (exact) mass is 706 g/mol. The second-order valence-electron chi connectivity index (χ2n) is 12.3. The van der Waals surface area contributed by atoms with Gasteiger partial charge in [-0.05, 0) is 41.3 Å². The Morgan fingerprint density at radius 3 is 1.87 bits per heavy atom. The number of aromatic nitrogens is 3. The Kier molecular flexibility index (Phi) is 10.1. The van der Waals surface area contributed by atoms with Crippen LogP contribution in [0.3, 0.4) is 0 Å². The minimum Gasteiger partial charge on any atom is -0.494 e. The first kappa shape index (κ1) is 34.3. The molecule has 2 heterocycles. The predicted molar refractivity (Wildman–Crippen MR) is 207 cm³/mol. The number of ether oxygens (including phenoxy) is 1. The van der Waals surface area contributed by atoms with Gasteiger partial charge in [-0.2, -0.15) is 0 Å². The van der Waals surface area contributed by atoms with Crippen molar-refractivity contribution in [2.75, 3.05) is 13.2 Å². The number of aromatic hydroxyl groups is 1. The summed E-state index contributed by atoms with van der Waals surface area (Å²) in [5, 5.41) is 16.0. The highest BCUT2D eigenvalue weighted by Crippen LogP contribution is 2.43. The van der Waals surface area contributed by atoms with Gasteiger partial charge in [0.15, 0.2) is 6.61 Å². The van der Waals surface area contributed by atoms with Crippen LogP contribution in [0.25, 0.3) is 11.4 Å². The first-order chi connectivity index (χ1) is 25.5. The molecule has 0 bridgehead atoms. The Balaban J connectivity index is 1.05. The van der Waals surface area contributed by atoms with Crippen molar-refractivity contribution in [2.45, 2.75) is 18.9 Å². The molecule has 2 aromatic heterocycles. The van der Waals surface area contributed by atoms with Gasteiger partial charge in [0.25, 0.3) is 0 Å². The third kappa shape index (κ3) is 6.78. The van der Waals surface area contributed by atoms with E-state index in [2.05, 4.69) is 10.1 Å². The normalized spacial score (nSPS) is 11.6. The molecular formula is C43H38N4O4S. The average Bonchev–Trinajstić information content (AvgIpc) is 3.64. The lowest BCUT2D eigenvalue weighted by atomic mass is 9.76. The summed E-state index contributed by atoms with van der Waals surface area (Å²) >= 11 is 1.06. The zero-order chi connectivity index (χ0) is 35.9. The van der Waals surface area contributed by atoms with Crippen molar-refractivity contribution in [1.82, 2.24) is 14.1 Å². The van der Waals surface area contributed by atoms with Gasteiger partial charge < -0.3 is 19.2 Å². The van der Waals surface area contributed by atoms with Crippen molar-refractivity contribution in [1.29, 1.82) is 0 Å². The quantitative estimate of drug-likeness (QED) is 0.0566. The van der Waals surface area contributed by atoms with Gasteiger partial charge in [-0.15, -0.1) is 0 Å². The van der Waals surface area contributed by atoms with E-state index >= 15 is 0 Å². The summed E-state index contributed by atoms with van der Waals surface area (Å²) in [6, 6.07) is 47.3. The zero-order valence-corrected chi connectivity index (χ0v) is 29.7. The Morgan fingerprint density at radius 1 is 0.769 bits per heavy atom. The number of oxime groups is 1. The first-order valence-corrected chi connectivity index (χ1v) is 17.8. The lowest BCUT2D eigenvalue weighted by Gasteiger charge is -2.37. The Morgan fingerprint density at radius 2 is 1.31 bits per heavy atom. The van der Waals surface area contributed by atoms with Gasteiger partial charge in [0.05, 0.1) is 22.5 Å². The van der Waals surface area contributed by atoms with Crippen LogP contribution in [0.4, 0.5) is 0 Å². The van der Waals surface area contributed by atoms with Crippen molar-refractivity contribution in [3.63, 3.8) is 0 Å². The van der Waals surface area contributed by atoms with Gasteiger partial charge in [-0.25, -0.2) is 4.98 Å². The second-order valence-corrected chi connectivity index (χ2v) is 13.4. The van der Waals surface area contributed by atoms with Crippen molar-refractivity contribution in [2.24, 2.45) is 12.2 Å². The SMILES string of the molecule is Cc1nc(-c2ccccc2)n(C)c1C=NOCCOc1ccc(Cc2sc(=O)n(C(c3ccccc3)(c3ccccc3)c3ccccc3)c2O)cc1. The summed E-state index contributed by atoms with van der Waals surface area (Å²) < 4.78 is 9.44. The minimum absolute atomic E-state index is 0.0535. The lowest BCUT2D eigenvalue weighted by molar-refractivity contribution is 0.108. The van der Waals surface area contributed by atoms with Crippen LogP contribution >= 0.6 is 11.3 Å². The fourth-order valence-electron chi connectivity index (χ4n) is 6.64. The predicted octanol–water partition coefficient (Wildman–Crippen LogP) is 8.18. The van der Waals surface area contributed by atoms with Crippen LogP contribution in [-0.4, -0.2) is 38.7 Å². The van der Waals surface area contributed by atoms with E-state index in [0.29, 0.717) is 23.7 Å². The smallest absolute Gasteiger partial charge is 0.311 e. The van der Waals surface area contributed by atoms with Crippen molar-refractivity contribution < 1.29 is 14.7 Å². The number of aryl methyl sites for hydroxylation is 1. The third-order valence-electron chi connectivity index (χ3n) is 9.10. The van der Waals surface area contributed by atoms with E-state index < -0.39 is 5.54 Å². The number of nitrogens with zero attached hydrogens (tertiary/aromatic N) is 4. The molecule has 9 heteroatoms. The summed E-state index contributed by atoms with van der Waals surface area (Å²) in [7, 11) is 1.96. The van der Waals surface area contributed by atoms with Gasteiger partial charge in [-0.1, -0.05) is 150 Å². The van der Waals surface area contributed by atoms with Gasteiger partial charge in [0.2, 0.25) is 5.88 Å². The molecule has 0 unspecified atom stereocenters. The molecule has 1 N–H and O–H groups in total. The fraction of sp³-hybridized carbons (Fsp3) is 0.140. The number of imidazole rings is 1. The molecule has 7 aromatic rings. The molecule has 0 spiro atoms. The molecule has 5 aromatic carbocycles. The van der Waals surface area contributed by atoms with E-state index in [1.165, 1.54) is 0 Å². The van der Waals surface area contributed by atoms with Crippen molar-refractivity contribution >= 4 is 17.6 Å². The number of rotatable bonds is 13. The average molecular weight is 707 g/mol. The molecule has 0 fully saturated rings. The van der Waals surface area contributed by atoms with E-state index in [1.807, 2.05) is 164 Å². The summed E-state index contributed by atoms with van der Waals surface area (Å²) in [6.07, 6.45) is 2.05. The van der Waals surface area contributed by atoms with Gasteiger partial charge in [-0.3, -0.25) is 9.36 Å². The van der Waals surface area contributed by atoms with Crippen LogP contribution in [0.15, 0.2) is 156 Å². The van der Waals surface area contributed by atoms with Crippen LogP contribution in [0.2, 0.25) is 0 Å². The van der Waals surface area contributed by atoms with E-state index in [1.54, 1.807) is 10.8 Å². The van der Waals surface area contributed by atoms with E-state index in [0.717, 1.165) is 56.4 Å². The first-order valence-electron chi connectivity index (χ1n) is 17.0. The highest BCUT2D eigenvalue weighted by molar-refractivity contribution is 7.09. The molecule has 0 radical (unpaired) electrons. The molecule has 0 aliphatic rings. The van der Waals surface area contributed by atoms with Gasteiger partial charge in [0.1, 0.15) is 23.7 Å². The van der Waals surface area contributed by atoms with Gasteiger partial charge in [0, 0.05) is 19.0 Å². The van der Waals surface area contributed by atoms with Crippen LogP contribution in [-0.2, 0) is 23.8 Å². The summed E-state index contributed by atoms with van der Waals surface area (Å²) in [5.74, 6) is 1.49. The summed E-state index contributed by atoms with van der Waals surface area (Å²) in [5.41, 5.74) is 5.22. The van der Waals surface area contributed by atoms with E-state index in [9.17, 15) is 9.90 Å². The molecule has 7 rings (SSSR count). The topological polar surface area (TPSA) is 90.9 Å². The molecule has 260 valence electrons. The van der Waals surface area contributed by atoms with E-state index in [4.69, 9.17) is 9.57 Å². The highest BCUT2D eigenvalue weighted by Gasteiger charge is 2.42. The van der Waals surface area contributed by atoms with E-state index in [-0.39, 0.29) is 17.4 Å². The maximum Gasteiger partial charge on any atom is 0.311 e. The van der Waals surface area contributed by atoms with Crippen LogP contribution in [0.5, 0.6) is 11.6 Å². The molecule has 0 saturated heterocycles. The van der Waals surface area contributed by atoms with Crippen LogP contribution < -0.4 is 9.61 Å². The molecular weight excluding hydrogens is 669 g/mol. The van der Waals surface area contributed by atoms with Gasteiger partial charge >= 0.3 is 4.87 Å². The maximum absolute atomic E-state index is 14.0. The molecule has 0 atom stereocenters. The molecule has 0 amide bonds. The fourth-order valence-corrected chi connectivity index (χ4v) is 7.59. The second kappa shape index (κ2) is 15.4. The minimum atomic E-state index is -1.09. The Labute approximate surface area is 306 Å². The molecule has 8 nitrogen and oxygen atoms in total. The van der Waals surface area contributed by atoms with Crippen LogP contribution in [0, 0.1) is 6.92 Å². The molecule has 0 aliphatic heterocycles. The summed E-state index contributed by atoms with van der Waals surface area (Å²) in [6.45, 7) is 2.52. The lowest BCUT2D eigenvalue weighted by Crippen LogP contribution is -2.42. The largest absolute Gasteiger partial charge is 0.494 e. The zero-order valence-electron chi connectivity index (χ0n) is 28.9. The molecule has 0 aliphatic carbocycles. The number of benzene rings is 5. The number of thiazole rings is 1. The van der Waals surface area contributed by atoms with Crippen LogP contribution in [0.1, 0.15) is 38.5 Å². The Bertz CT molecular complexity index is 2220. The third-order valence-corrected chi connectivity index (χ3v) is 10.0. The molecule has 52 heavy (non-hydrogen) atoms. The standard InChI is InChI=1S/C43H38N4O4S/c1-31-38(46(2)40(45-31)33-15-7-3-8-16-33)30-44-51-28-27-50-37-25-23-32(24-26-37)29-39-41(48)47(42(49)52-39)43(34-17-9-4-10-18-34,35-19-11-5-12-20-35)36-21-13-6-14-22-36/h3-26,30,48H,27-29H2,1-2H3. The molecule has 0 saturated carbocycles. The maximum atomic E-state index is 14.0. The Hall–Kier alpha value is -6.19. The summed E-state index contributed by atoms with van der Waals surface area (Å²) in [4.78, 5) is 24.5. The number of hydrogen-bond acceptors (Lipinski definition) is 7. The number of hydrogen-bond donors (Lipinski definition) is 1. The highest BCUT2D eigenvalue weighted by atomic mass is 32.1.